The van der Waals surface area contributed by atoms with Gasteiger partial charge in [-0.05, 0) is 43.5 Å². The summed E-state index contributed by atoms with van der Waals surface area (Å²) in [7, 11) is 0. The average Bonchev–Trinajstić information content (AvgIpc) is 3.19. The van der Waals surface area contributed by atoms with Crippen LogP contribution in [0.2, 0.25) is 0 Å². The van der Waals surface area contributed by atoms with Gasteiger partial charge in [0, 0.05) is 28.6 Å². The van der Waals surface area contributed by atoms with Crippen molar-refractivity contribution in [2.24, 2.45) is 11.3 Å². The van der Waals surface area contributed by atoms with E-state index in [0.717, 1.165) is 22.5 Å². The normalized spacial score (nSPS) is 26.8. The van der Waals surface area contributed by atoms with Gasteiger partial charge in [0.15, 0.2) is 0 Å². The van der Waals surface area contributed by atoms with E-state index < -0.39 is 5.41 Å². The number of carbonyl (C=O) groups is 1. The molecule has 1 aliphatic carbocycles. The molecule has 1 saturated heterocycles. The minimum absolute atomic E-state index is 0.0190. The zero-order chi connectivity index (χ0) is 16.2. The maximum absolute atomic E-state index is 12.5. The third kappa shape index (κ3) is 2.53. The third-order valence-corrected chi connectivity index (χ3v) is 5.08. The molecular formula is C18H24N4O. The van der Waals surface area contributed by atoms with E-state index in [1.54, 1.807) is 6.20 Å². The Kier molecular flexibility index (Phi) is 3.23. The van der Waals surface area contributed by atoms with Crippen molar-refractivity contribution >= 4 is 22.5 Å². The van der Waals surface area contributed by atoms with Crippen molar-refractivity contribution in [2.75, 3.05) is 11.9 Å². The molecule has 2 heterocycles. The van der Waals surface area contributed by atoms with Crippen molar-refractivity contribution in [2.45, 2.75) is 45.7 Å². The van der Waals surface area contributed by atoms with Crippen LogP contribution in [-0.4, -0.2) is 34.3 Å². The number of benzene rings is 1. The van der Waals surface area contributed by atoms with Crippen LogP contribution in [0.4, 0.5) is 5.69 Å². The molecule has 2 aromatic rings. The minimum Gasteiger partial charge on any atom is -0.381 e. The molecule has 2 bridgehead atoms. The first-order valence-electron chi connectivity index (χ1n) is 8.44. The monoisotopic (exact) mass is 312 g/mol. The molecule has 122 valence electrons. The molecule has 23 heavy (non-hydrogen) atoms. The maximum atomic E-state index is 12.5. The van der Waals surface area contributed by atoms with Crippen LogP contribution in [0.1, 0.15) is 38.4 Å². The fourth-order valence-corrected chi connectivity index (χ4v) is 3.83. The second-order valence-corrected chi connectivity index (χ2v) is 7.99. The van der Waals surface area contributed by atoms with Crippen molar-refractivity contribution in [1.29, 1.82) is 0 Å². The molecule has 4 rings (SSSR count). The van der Waals surface area contributed by atoms with E-state index in [1.807, 2.05) is 26.8 Å². The number of piperidine rings is 1. The molecule has 1 aromatic heterocycles. The summed E-state index contributed by atoms with van der Waals surface area (Å²) in [4.78, 5) is 12.5. The van der Waals surface area contributed by atoms with Gasteiger partial charge in [0.2, 0.25) is 0 Å². The highest BCUT2D eigenvalue weighted by Crippen LogP contribution is 2.33. The number of fused-ring (bicyclic) bond motifs is 3. The minimum atomic E-state index is -0.440. The number of nitrogens with one attached hydrogen (secondary N) is 2. The quantitative estimate of drug-likeness (QED) is 0.895. The Bertz CT molecular complexity index is 758. The first-order valence-corrected chi connectivity index (χ1v) is 8.44. The van der Waals surface area contributed by atoms with Crippen LogP contribution in [0.15, 0.2) is 24.4 Å². The standard InChI is InChI=1S/C18H24N4O/c1-18(2,3)17(23)22-16-5-4-13(8-12(16)10-20-22)21-15-7-11-6-14(15)19-9-11/h4-5,8,10-11,14-15,19,21H,6-7,9H2,1-3H3. The van der Waals surface area contributed by atoms with E-state index in [-0.39, 0.29) is 5.91 Å². The van der Waals surface area contributed by atoms with E-state index in [4.69, 9.17) is 0 Å². The largest absolute Gasteiger partial charge is 0.381 e. The number of hydrogen-bond acceptors (Lipinski definition) is 4. The van der Waals surface area contributed by atoms with Crippen LogP contribution in [0.5, 0.6) is 0 Å². The molecule has 1 aromatic carbocycles. The van der Waals surface area contributed by atoms with Gasteiger partial charge in [-0.15, -0.1) is 0 Å². The summed E-state index contributed by atoms with van der Waals surface area (Å²) in [5, 5.41) is 12.5. The average molecular weight is 312 g/mol. The summed E-state index contributed by atoms with van der Waals surface area (Å²) in [5.74, 6) is 0.846. The molecule has 0 amide bonds. The smallest absolute Gasteiger partial charge is 0.252 e. The van der Waals surface area contributed by atoms with E-state index in [2.05, 4.69) is 27.9 Å². The summed E-state index contributed by atoms with van der Waals surface area (Å²) in [5.41, 5.74) is 1.55. The summed E-state index contributed by atoms with van der Waals surface area (Å²) >= 11 is 0. The van der Waals surface area contributed by atoms with Gasteiger partial charge in [0.1, 0.15) is 0 Å². The highest BCUT2D eigenvalue weighted by atomic mass is 16.2. The van der Waals surface area contributed by atoms with Crippen LogP contribution in [0, 0.1) is 11.3 Å². The van der Waals surface area contributed by atoms with Gasteiger partial charge in [-0.1, -0.05) is 20.8 Å². The molecule has 2 aliphatic rings. The van der Waals surface area contributed by atoms with Crippen LogP contribution >= 0.6 is 0 Å². The van der Waals surface area contributed by atoms with Gasteiger partial charge in [-0.25, -0.2) is 0 Å². The lowest BCUT2D eigenvalue weighted by Crippen LogP contribution is -2.41. The second kappa shape index (κ2) is 5.06. The number of aromatic nitrogens is 2. The van der Waals surface area contributed by atoms with Crippen LogP contribution in [-0.2, 0) is 0 Å². The van der Waals surface area contributed by atoms with Gasteiger partial charge in [-0.2, -0.15) is 9.78 Å². The van der Waals surface area contributed by atoms with Crippen molar-refractivity contribution in [3.63, 3.8) is 0 Å². The van der Waals surface area contributed by atoms with Gasteiger partial charge >= 0.3 is 0 Å². The first-order chi connectivity index (χ1) is 10.9. The molecule has 5 heteroatoms. The molecule has 1 aliphatic heterocycles. The van der Waals surface area contributed by atoms with Gasteiger partial charge in [0.25, 0.3) is 5.91 Å². The fourth-order valence-electron chi connectivity index (χ4n) is 3.83. The molecule has 2 fully saturated rings. The van der Waals surface area contributed by atoms with Crippen LogP contribution < -0.4 is 10.6 Å². The highest BCUT2D eigenvalue weighted by molar-refractivity contribution is 5.94. The summed E-state index contributed by atoms with van der Waals surface area (Å²) in [6.07, 6.45) is 4.32. The Morgan fingerprint density at radius 3 is 2.83 bits per heavy atom. The van der Waals surface area contributed by atoms with E-state index in [9.17, 15) is 4.79 Å². The van der Waals surface area contributed by atoms with E-state index >= 15 is 0 Å². The Balaban J connectivity index is 1.59. The lowest BCUT2D eigenvalue weighted by atomic mass is 9.96. The van der Waals surface area contributed by atoms with Crippen molar-refractivity contribution in [3.05, 3.63) is 24.4 Å². The molecule has 3 atom stereocenters. The molecule has 0 spiro atoms. The SMILES string of the molecule is CC(C)(C)C(=O)n1ncc2cc(NC3CC4CNC3C4)ccc21. The van der Waals surface area contributed by atoms with Gasteiger partial charge < -0.3 is 10.6 Å². The number of hydrogen-bond donors (Lipinski definition) is 2. The Hall–Kier alpha value is -1.88. The molecular weight excluding hydrogens is 288 g/mol. The zero-order valence-electron chi connectivity index (χ0n) is 14.0. The van der Waals surface area contributed by atoms with E-state index in [1.165, 1.54) is 24.1 Å². The lowest BCUT2D eigenvalue weighted by Gasteiger charge is -2.25. The molecule has 0 radical (unpaired) electrons. The van der Waals surface area contributed by atoms with Crippen molar-refractivity contribution in [1.82, 2.24) is 15.1 Å². The fraction of sp³-hybridized carbons (Fsp3) is 0.556. The topological polar surface area (TPSA) is 59.0 Å². The first kappa shape index (κ1) is 14.7. The van der Waals surface area contributed by atoms with Crippen LogP contribution in [0.25, 0.3) is 10.9 Å². The Labute approximate surface area is 136 Å². The maximum Gasteiger partial charge on any atom is 0.252 e. The number of anilines is 1. The number of carbonyl (C=O) groups excluding carboxylic acids is 1. The lowest BCUT2D eigenvalue weighted by molar-refractivity contribution is 0.0755. The summed E-state index contributed by atoms with van der Waals surface area (Å²) < 4.78 is 1.53. The van der Waals surface area contributed by atoms with Crippen molar-refractivity contribution in [3.8, 4) is 0 Å². The zero-order valence-corrected chi connectivity index (χ0v) is 14.0. The predicted octanol–water partition coefficient (Wildman–Crippen LogP) is 2.88. The predicted molar refractivity (Wildman–Crippen MR) is 91.7 cm³/mol. The Morgan fingerprint density at radius 2 is 2.17 bits per heavy atom. The molecule has 5 nitrogen and oxygen atoms in total. The van der Waals surface area contributed by atoms with Gasteiger partial charge in [-0.3, -0.25) is 4.79 Å². The van der Waals surface area contributed by atoms with Crippen molar-refractivity contribution < 1.29 is 4.79 Å². The third-order valence-electron chi connectivity index (χ3n) is 5.08. The molecule has 1 saturated carbocycles. The summed E-state index contributed by atoms with van der Waals surface area (Å²) in [6.45, 7) is 6.92. The Morgan fingerprint density at radius 1 is 1.35 bits per heavy atom. The van der Waals surface area contributed by atoms with Crippen LogP contribution in [0.3, 0.4) is 0 Å². The molecule has 2 N–H and O–H groups in total. The summed E-state index contributed by atoms with van der Waals surface area (Å²) in [6, 6.07) is 7.26. The number of nitrogens with zero attached hydrogens (tertiary/aromatic N) is 2. The highest BCUT2D eigenvalue weighted by Gasteiger charge is 2.39. The van der Waals surface area contributed by atoms with Gasteiger partial charge in [0.05, 0.1) is 11.7 Å². The molecule has 3 unspecified atom stereocenters. The number of rotatable bonds is 2. The second-order valence-electron chi connectivity index (χ2n) is 7.99. The van der Waals surface area contributed by atoms with E-state index in [0.29, 0.717) is 12.1 Å².